The van der Waals surface area contributed by atoms with Gasteiger partial charge in [0.15, 0.2) is 0 Å². The number of phenols is 1. The largest absolute Gasteiger partial charge is 0.506 e. The van der Waals surface area contributed by atoms with Crippen molar-refractivity contribution in [3.8, 4) is 5.75 Å². The van der Waals surface area contributed by atoms with Crippen molar-refractivity contribution in [2.45, 2.75) is 15.6 Å². The topological polar surface area (TPSA) is 32.3 Å². The maximum atomic E-state index is 13.4. The van der Waals surface area contributed by atoms with Crippen LogP contribution < -0.4 is 5.32 Å². The van der Waals surface area contributed by atoms with Crippen LogP contribution in [0.25, 0.3) is 10.1 Å². The lowest BCUT2D eigenvalue weighted by atomic mass is 10.1. The van der Waals surface area contributed by atoms with Crippen LogP contribution in [0, 0.1) is 5.82 Å². The van der Waals surface area contributed by atoms with Crippen LogP contribution in [0.5, 0.6) is 5.75 Å². The van der Waals surface area contributed by atoms with Crippen molar-refractivity contribution in [1.82, 2.24) is 0 Å². The average molecular weight is 303 g/mol. The standard InChI is InChI=1S/C15H10FNOS2/c16-8-4-5-11-13(6-8)19-15-10(7-17-11)9-2-1-3-12(18)14(9)20-15/h1-6,17-18H,7H2. The summed E-state index contributed by atoms with van der Waals surface area (Å²) in [5.41, 5.74) is 2.12. The van der Waals surface area contributed by atoms with Gasteiger partial charge in [0.1, 0.15) is 11.6 Å². The van der Waals surface area contributed by atoms with Crippen LogP contribution in [-0.2, 0) is 6.54 Å². The SMILES string of the molecule is Oc1cccc2c3c(sc12)Sc1cc(F)ccc1NC3. The number of aromatic hydroxyl groups is 1. The fourth-order valence-electron chi connectivity index (χ4n) is 2.39. The Labute approximate surface area is 123 Å². The third-order valence-electron chi connectivity index (χ3n) is 3.36. The molecule has 20 heavy (non-hydrogen) atoms. The minimum atomic E-state index is -0.231. The molecule has 3 aromatic rings. The van der Waals surface area contributed by atoms with Crippen LogP contribution in [-0.4, -0.2) is 5.11 Å². The van der Waals surface area contributed by atoms with E-state index in [2.05, 4.69) is 5.32 Å². The van der Waals surface area contributed by atoms with E-state index in [1.54, 1.807) is 41.3 Å². The molecule has 2 heterocycles. The van der Waals surface area contributed by atoms with E-state index in [4.69, 9.17) is 0 Å². The Hall–Kier alpha value is -1.72. The van der Waals surface area contributed by atoms with E-state index in [0.29, 0.717) is 12.3 Å². The molecule has 0 amide bonds. The molecular formula is C15H10FNOS2. The van der Waals surface area contributed by atoms with Crippen molar-refractivity contribution in [1.29, 1.82) is 0 Å². The molecule has 0 atom stereocenters. The summed E-state index contributed by atoms with van der Waals surface area (Å²) in [6.45, 7) is 0.685. The molecule has 5 heteroatoms. The molecule has 0 fully saturated rings. The molecule has 2 aromatic carbocycles. The van der Waals surface area contributed by atoms with Crippen LogP contribution in [0.4, 0.5) is 10.1 Å². The zero-order valence-electron chi connectivity index (χ0n) is 10.3. The molecule has 2 nitrogen and oxygen atoms in total. The zero-order chi connectivity index (χ0) is 13.7. The first-order valence-corrected chi connectivity index (χ1v) is 7.80. The molecule has 1 aliphatic heterocycles. The lowest BCUT2D eigenvalue weighted by Crippen LogP contribution is -1.98. The fourth-order valence-corrected chi connectivity index (χ4v) is 4.97. The first kappa shape index (κ1) is 12.1. The molecule has 2 N–H and O–H groups in total. The number of fused-ring (bicyclic) bond motifs is 4. The Kier molecular flexibility index (Phi) is 2.65. The Morgan fingerprint density at radius 1 is 1.20 bits per heavy atom. The quantitative estimate of drug-likeness (QED) is 0.624. The highest BCUT2D eigenvalue weighted by Gasteiger charge is 2.20. The van der Waals surface area contributed by atoms with Crippen LogP contribution in [0.2, 0.25) is 0 Å². The molecule has 1 aliphatic rings. The number of anilines is 1. The molecule has 0 bridgehead atoms. The van der Waals surface area contributed by atoms with Crippen LogP contribution in [0.3, 0.4) is 0 Å². The predicted molar refractivity (Wildman–Crippen MR) is 81.3 cm³/mol. The summed E-state index contributed by atoms with van der Waals surface area (Å²) in [4.78, 5) is 0.884. The van der Waals surface area contributed by atoms with Crippen LogP contribution >= 0.6 is 23.1 Å². The molecule has 0 aliphatic carbocycles. The highest BCUT2D eigenvalue weighted by atomic mass is 32.2. The van der Waals surface area contributed by atoms with Crippen molar-refractivity contribution in [2.24, 2.45) is 0 Å². The second-order valence-corrected chi connectivity index (χ2v) is 6.95. The maximum Gasteiger partial charge on any atom is 0.133 e. The van der Waals surface area contributed by atoms with Gasteiger partial charge >= 0.3 is 0 Å². The van der Waals surface area contributed by atoms with E-state index in [1.165, 1.54) is 11.6 Å². The minimum Gasteiger partial charge on any atom is -0.506 e. The number of nitrogens with one attached hydrogen (secondary N) is 1. The number of halogens is 1. The van der Waals surface area contributed by atoms with Gasteiger partial charge in [0.05, 0.1) is 8.91 Å². The minimum absolute atomic E-state index is 0.231. The molecule has 0 unspecified atom stereocenters. The molecule has 1 aromatic heterocycles. The molecule has 100 valence electrons. The van der Waals surface area contributed by atoms with Gasteiger partial charge in [0.2, 0.25) is 0 Å². The number of benzene rings is 2. The predicted octanol–water partition coefficient (Wildman–Crippen LogP) is 4.82. The molecule has 4 rings (SSSR count). The van der Waals surface area contributed by atoms with Crippen molar-refractivity contribution in [3.05, 3.63) is 47.8 Å². The van der Waals surface area contributed by atoms with Gasteiger partial charge in [0.25, 0.3) is 0 Å². The third-order valence-corrected chi connectivity index (χ3v) is 5.92. The van der Waals surface area contributed by atoms with Gasteiger partial charge in [-0.2, -0.15) is 0 Å². The first-order chi connectivity index (χ1) is 9.72. The number of hydrogen-bond donors (Lipinski definition) is 2. The van der Waals surface area contributed by atoms with E-state index in [-0.39, 0.29) is 5.82 Å². The molecule has 0 saturated heterocycles. The lowest BCUT2D eigenvalue weighted by molar-refractivity contribution is 0.482. The van der Waals surface area contributed by atoms with Gasteiger partial charge in [-0.25, -0.2) is 4.39 Å². The second-order valence-electron chi connectivity index (χ2n) is 4.62. The highest BCUT2D eigenvalue weighted by Crippen LogP contribution is 2.47. The summed E-state index contributed by atoms with van der Waals surface area (Å²) in [7, 11) is 0. The smallest absolute Gasteiger partial charge is 0.133 e. The molecule has 0 spiro atoms. The summed E-state index contributed by atoms with van der Waals surface area (Å²) >= 11 is 3.12. The van der Waals surface area contributed by atoms with Crippen molar-refractivity contribution >= 4 is 38.9 Å². The van der Waals surface area contributed by atoms with Crippen LogP contribution in [0.15, 0.2) is 45.5 Å². The van der Waals surface area contributed by atoms with Gasteiger partial charge in [0, 0.05) is 28.1 Å². The summed E-state index contributed by atoms with van der Waals surface area (Å²) in [6, 6.07) is 10.4. The normalized spacial score (nSPS) is 13.4. The summed E-state index contributed by atoms with van der Waals surface area (Å²) in [5.74, 6) is 0.0751. The monoisotopic (exact) mass is 303 g/mol. The number of thiophene rings is 1. The van der Waals surface area contributed by atoms with Crippen molar-refractivity contribution in [3.63, 3.8) is 0 Å². The Balaban J connectivity index is 1.92. The fraction of sp³-hybridized carbons (Fsp3) is 0.0667. The Morgan fingerprint density at radius 2 is 2.10 bits per heavy atom. The van der Waals surface area contributed by atoms with Gasteiger partial charge in [-0.1, -0.05) is 23.9 Å². The van der Waals surface area contributed by atoms with Crippen molar-refractivity contribution < 1.29 is 9.50 Å². The molecular weight excluding hydrogens is 293 g/mol. The van der Waals surface area contributed by atoms with Gasteiger partial charge < -0.3 is 10.4 Å². The van der Waals surface area contributed by atoms with E-state index in [1.807, 2.05) is 12.1 Å². The summed E-state index contributed by atoms with van der Waals surface area (Å²) in [5, 5.41) is 14.4. The highest BCUT2D eigenvalue weighted by molar-refractivity contribution is 8.01. The number of hydrogen-bond acceptors (Lipinski definition) is 4. The van der Waals surface area contributed by atoms with E-state index in [0.717, 1.165) is 24.9 Å². The summed E-state index contributed by atoms with van der Waals surface area (Å²) in [6.07, 6.45) is 0. The van der Waals surface area contributed by atoms with E-state index < -0.39 is 0 Å². The van der Waals surface area contributed by atoms with Gasteiger partial charge in [-0.05, 0) is 24.3 Å². The average Bonchev–Trinajstić information content (AvgIpc) is 2.68. The van der Waals surface area contributed by atoms with Crippen molar-refractivity contribution in [2.75, 3.05) is 5.32 Å². The maximum absolute atomic E-state index is 13.4. The second kappa shape index (κ2) is 4.40. The van der Waals surface area contributed by atoms with Crippen LogP contribution in [0.1, 0.15) is 5.56 Å². The Bertz CT molecular complexity index is 828. The number of rotatable bonds is 0. The van der Waals surface area contributed by atoms with E-state index in [9.17, 15) is 9.50 Å². The molecule has 0 radical (unpaired) electrons. The lowest BCUT2D eigenvalue weighted by Gasteiger charge is -2.06. The first-order valence-electron chi connectivity index (χ1n) is 6.17. The number of phenolic OH excluding ortho intramolecular Hbond substituents is 1. The van der Waals surface area contributed by atoms with E-state index >= 15 is 0 Å². The summed E-state index contributed by atoms with van der Waals surface area (Å²) < 4.78 is 15.4. The Morgan fingerprint density at radius 3 is 3.00 bits per heavy atom. The van der Waals surface area contributed by atoms with Gasteiger partial charge in [-0.15, -0.1) is 11.3 Å². The third kappa shape index (κ3) is 1.77. The zero-order valence-corrected chi connectivity index (χ0v) is 11.9. The van der Waals surface area contributed by atoms with Gasteiger partial charge in [-0.3, -0.25) is 0 Å². The molecule has 0 saturated carbocycles.